The van der Waals surface area contributed by atoms with Crippen LogP contribution in [0.2, 0.25) is 0 Å². The minimum atomic E-state index is -0.297. The van der Waals surface area contributed by atoms with Crippen molar-refractivity contribution in [2.45, 2.75) is 64.0 Å². The largest absolute Gasteiger partial charge is 0.393 e. The van der Waals surface area contributed by atoms with Crippen molar-refractivity contribution in [2.75, 3.05) is 29.9 Å². The van der Waals surface area contributed by atoms with Crippen molar-refractivity contribution < 1.29 is 14.7 Å². The predicted octanol–water partition coefficient (Wildman–Crippen LogP) is 3.83. The van der Waals surface area contributed by atoms with Crippen LogP contribution in [0.5, 0.6) is 0 Å². The van der Waals surface area contributed by atoms with Gasteiger partial charge in [0, 0.05) is 50.0 Å². The first-order chi connectivity index (χ1) is 16.4. The van der Waals surface area contributed by atoms with Crippen molar-refractivity contribution >= 4 is 23.3 Å². The van der Waals surface area contributed by atoms with Crippen LogP contribution in [-0.4, -0.2) is 58.6 Å². The van der Waals surface area contributed by atoms with Crippen molar-refractivity contribution in [2.24, 2.45) is 5.41 Å². The SMILES string of the molecule is CC(=O)Nc1ccc(-c2ccc(N3CCC[C@@]4(CCN([C@H]5CC[C@H](O)CC5)C4=O)C3)nc2)cc1. The van der Waals surface area contributed by atoms with Crippen molar-refractivity contribution in [1.82, 2.24) is 9.88 Å². The average molecular weight is 463 g/mol. The summed E-state index contributed by atoms with van der Waals surface area (Å²) in [5.74, 6) is 1.15. The molecule has 1 aliphatic carbocycles. The van der Waals surface area contributed by atoms with Gasteiger partial charge < -0.3 is 20.2 Å². The van der Waals surface area contributed by atoms with E-state index in [1.807, 2.05) is 30.5 Å². The molecule has 7 nitrogen and oxygen atoms in total. The summed E-state index contributed by atoms with van der Waals surface area (Å²) < 4.78 is 0. The van der Waals surface area contributed by atoms with Gasteiger partial charge in [-0.25, -0.2) is 4.98 Å². The Bertz CT molecular complexity index is 1030. The minimum Gasteiger partial charge on any atom is -0.393 e. The molecule has 3 aliphatic rings. The summed E-state index contributed by atoms with van der Waals surface area (Å²) in [5.41, 5.74) is 2.54. The maximum Gasteiger partial charge on any atom is 0.230 e. The first-order valence-electron chi connectivity index (χ1n) is 12.5. The highest BCUT2D eigenvalue weighted by Crippen LogP contribution is 2.43. The molecule has 1 atom stereocenters. The Labute approximate surface area is 201 Å². The molecule has 1 aromatic carbocycles. The molecule has 2 aromatic rings. The molecule has 2 N–H and O–H groups in total. The van der Waals surface area contributed by atoms with Crippen LogP contribution in [0.15, 0.2) is 42.6 Å². The lowest BCUT2D eigenvalue weighted by atomic mass is 9.78. The number of anilines is 2. The van der Waals surface area contributed by atoms with Crippen LogP contribution in [0.25, 0.3) is 11.1 Å². The number of aliphatic hydroxyl groups is 1. The third-order valence-electron chi connectivity index (χ3n) is 7.84. The Morgan fingerprint density at radius 3 is 2.44 bits per heavy atom. The lowest BCUT2D eigenvalue weighted by Crippen LogP contribution is -2.50. The average Bonchev–Trinajstić information content (AvgIpc) is 3.15. The van der Waals surface area contributed by atoms with Gasteiger partial charge in [0.05, 0.1) is 11.5 Å². The Balaban J connectivity index is 1.26. The summed E-state index contributed by atoms with van der Waals surface area (Å²) >= 11 is 0. The maximum absolute atomic E-state index is 13.6. The molecule has 2 aliphatic heterocycles. The quantitative estimate of drug-likeness (QED) is 0.721. The normalized spacial score (nSPS) is 27.3. The number of carbonyl (C=O) groups is 2. The zero-order valence-electron chi connectivity index (χ0n) is 19.9. The first-order valence-corrected chi connectivity index (χ1v) is 12.5. The summed E-state index contributed by atoms with van der Waals surface area (Å²) in [5, 5.41) is 12.6. The number of aromatic nitrogens is 1. The number of nitrogens with zero attached hydrogens (tertiary/aromatic N) is 3. The number of hydrogen-bond donors (Lipinski definition) is 2. The number of nitrogens with one attached hydrogen (secondary N) is 1. The molecule has 1 aromatic heterocycles. The van der Waals surface area contributed by atoms with Crippen LogP contribution in [-0.2, 0) is 9.59 Å². The summed E-state index contributed by atoms with van der Waals surface area (Å²) in [6.45, 7) is 3.99. The van der Waals surface area contributed by atoms with Gasteiger partial charge in [-0.05, 0) is 74.8 Å². The van der Waals surface area contributed by atoms with Gasteiger partial charge in [0.15, 0.2) is 0 Å². The van der Waals surface area contributed by atoms with Gasteiger partial charge in [0.1, 0.15) is 5.82 Å². The Hall–Kier alpha value is -2.93. The number of likely N-dealkylation sites (tertiary alicyclic amines) is 1. The Morgan fingerprint density at radius 2 is 1.76 bits per heavy atom. The van der Waals surface area contributed by atoms with Gasteiger partial charge in [-0.15, -0.1) is 0 Å². The van der Waals surface area contributed by atoms with Crippen LogP contribution in [0.3, 0.4) is 0 Å². The number of rotatable bonds is 4. The Morgan fingerprint density at radius 1 is 1.03 bits per heavy atom. The summed E-state index contributed by atoms with van der Waals surface area (Å²) in [4.78, 5) is 33.9. The number of benzene rings is 1. The predicted molar refractivity (Wildman–Crippen MR) is 132 cm³/mol. The molecule has 2 saturated heterocycles. The molecular formula is C27H34N4O3. The van der Waals surface area contributed by atoms with Crippen molar-refractivity contribution in [3.63, 3.8) is 0 Å². The highest BCUT2D eigenvalue weighted by Gasteiger charge is 2.50. The fourth-order valence-corrected chi connectivity index (χ4v) is 5.96. The number of hydrogen-bond acceptors (Lipinski definition) is 5. The van der Waals surface area contributed by atoms with E-state index in [9.17, 15) is 14.7 Å². The molecule has 0 radical (unpaired) electrons. The van der Waals surface area contributed by atoms with Gasteiger partial charge in [-0.2, -0.15) is 0 Å². The fourth-order valence-electron chi connectivity index (χ4n) is 5.96. The second-order valence-corrected chi connectivity index (χ2v) is 10.2. The van der Waals surface area contributed by atoms with Gasteiger partial charge in [0.25, 0.3) is 0 Å². The number of piperidine rings is 1. The van der Waals surface area contributed by atoms with Crippen LogP contribution < -0.4 is 10.2 Å². The van der Waals surface area contributed by atoms with Crippen LogP contribution >= 0.6 is 0 Å². The molecule has 7 heteroatoms. The summed E-state index contributed by atoms with van der Waals surface area (Å²) in [6.07, 6.45) is 8.00. The van der Waals surface area contributed by atoms with Crippen LogP contribution in [0.4, 0.5) is 11.5 Å². The van der Waals surface area contributed by atoms with E-state index in [1.54, 1.807) is 0 Å². The molecular weight excluding hydrogens is 428 g/mol. The molecule has 34 heavy (non-hydrogen) atoms. The van der Waals surface area contributed by atoms with E-state index in [1.165, 1.54) is 6.92 Å². The van der Waals surface area contributed by atoms with Crippen LogP contribution in [0.1, 0.15) is 51.9 Å². The number of carbonyl (C=O) groups excluding carboxylic acids is 2. The molecule has 0 unspecified atom stereocenters. The second-order valence-electron chi connectivity index (χ2n) is 10.2. The molecule has 180 valence electrons. The Kier molecular flexibility index (Phi) is 6.30. The van der Waals surface area contributed by atoms with Gasteiger partial charge >= 0.3 is 0 Å². The monoisotopic (exact) mass is 462 g/mol. The van der Waals surface area contributed by atoms with Gasteiger partial charge in [-0.1, -0.05) is 12.1 Å². The maximum atomic E-state index is 13.6. The molecule has 1 saturated carbocycles. The van der Waals surface area contributed by atoms with E-state index in [-0.39, 0.29) is 17.4 Å². The van der Waals surface area contributed by atoms with E-state index < -0.39 is 0 Å². The molecule has 3 fully saturated rings. The molecule has 0 bridgehead atoms. The molecule has 2 amide bonds. The van der Waals surface area contributed by atoms with Crippen molar-refractivity contribution in [3.8, 4) is 11.1 Å². The standard InChI is InChI=1S/C27H34N4O3/c1-19(32)29-22-6-3-20(4-7-22)21-5-12-25(28-17-21)30-15-2-13-27(18-30)14-16-31(26(27)34)23-8-10-24(33)11-9-23/h3-7,12,17,23-24,33H,2,8-11,13-16,18H2,1H3,(H,29,32)/t23-,24-,27-/m1/s1. The number of amides is 2. The van der Waals surface area contributed by atoms with Crippen LogP contribution in [0, 0.1) is 5.41 Å². The van der Waals surface area contributed by atoms with E-state index >= 15 is 0 Å². The zero-order valence-corrected chi connectivity index (χ0v) is 19.9. The second kappa shape index (κ2) is 9.37. The van der Waals surface area contributed by atoms with Crippen molar-refractivity contribution in [3.05, 3.63) is 42.6 Å². The summed E-state index contributed by atoms with van der Waals surface area (Å²) in [7, 11) is 0. The lowest BCUT2D eigenvalue weighted by molar-refractivity contribution is -0.139. The van der Waals surface area contributed by atoms with E-state index in [4.69, 9.17) is 4.98 Å². The van der Waals surface area contributed by atoms with Gasteiger partial charge in [-0.3, -0.25) is 9.59 Å². The first kappa shape index (κ1) is 22.8. The highest BCUT2D eigenvalue weighted by molar-refractivity contribution is 5.89. The number of pyridine rings is 1. The van der Waals surface area contributed by atoms with Crippen molar-refractivity contribution in [1.29, 1.82) is 0 Å². The summed E-state index contributed by atoms with van der Waals surface area (Å²) in [6, 6.07) is 12.2. The molecule has 1 spiro atoms. The molecule has 5 rings (SSSR count). The van der Waals surface area contributed by atoms with E-state index in [0.29, 0.717) is 11.9 Å². The van der Waals surface area contributed by atoms with E-state index in [0.717, 1.165) is 87.2 Å². The minimum absolute atomic E-state index is 0.0838. The highest BCUT2D eigenvalue weighted by atomic mass is 16.3. The number of aliphatic hydroxyl groups excluding tert-OH is 1. The molecule has 3 heterocycles. The topological polar surface area (TPSA) is 85.8 Å². The van der Waals surface area contributed by atoms with E-state index in [2.05, 4.69) is 27.2 Å². The van der Waals surface area contributed by atoms with Gasteiger partial charge in [0.2, 0.25) is 11.8 Å². The lowest BCUT2D eigenvalue weighted by Gasteiger charge is -2.41. The third kappa shape index (κ3) is 4.53. The zero-order chi connectivity index (χ0) is 23.7. The third-order valence-corrected chi connectivity index (χ3v) is 7.84. The fraction of sp³-hybridized carbons (Fsp3) is 0.519. The smallest absolute Gasteiger partial charge is 0.230 e.